The van der Waals surface area contributed by atoms with Gasteiger partial charge in [0.2, 0.25) is 0 Å². The van der Waals surface area contributed by atoms with E-state index in [2.05, 4.69) is 41.1 Å². The molecule has 0 saturated heterocycles. The van der Waals surface area contributed by atoms with Crippen LogP contribution in [0.5, 0.6) is 0 Å². The van der Waals surface area contributed by atoms with Crippen LogP contribution in [0.3, 0.4) is 0 Å². The summed E-state index contributed by atoms with van der Waals surface area (Å²) in [6.45, 7) is 2.91. The molecule has 0 bridgehead atoms. The van der Waals surface area contributed by atoms with Crippen molar-refractivity contribution in [2.75, 3.05) is 19.1 Å². The van der Waals surface area contributed by atoms with E-state index < -0.39 is 0 Å². The number of nitrogens with zero attached hydrogens (tertiary/aromatic N) is 2. The number of halogens is 1. The first-order valence-electron chi connectivity index (χ1n) is 6.07. The maximum absolute atomic E-state index is 10.9. The quantitative estimate of drug-likeness (QED) is 0.554. The number of hydrogen-bond acceptors (Lipinski definition) is 4. The normalized spacial score (nSPS) is 12.7. The molecule has 1 atom stereocenters. The van der Waals surface area contributed by atoms with Gasteiger partial charge in [-0.1, -0.05) is 6.07 Å². The van der Waals surface area contributed by atoms with Gasteiger partial charge in [-0.2, -0.15) is 11.8 Å². The highest BCUT2D eigenvalue weighted by molar-refractivity contribution is 9.10. The van der Waals surface area contributed by atoms with Crippen LogP contribution in [0.25, 0.3) is 0 Å². The van der Waals surface area contributed by atoms with E-state index in [1.165, 1.54) is 0 Å². The van der Waals surface area contributed by atoms with Crippen molar-refractivity contribution in [2.24, 2.45) is 0 Å². The van der Waals surface area contributed by atoms with Crippen LogP contribution < -0.4 is 0 Å². The molecule has 1 aromatic rings. The molecule has 1 rings (SSSR count). The number of rotatable bonds is 7. The second kappa shape index (κ2) is 7.87. The molecule has 0 aromatic heterocycles. The molecule has 106 valence electrons. The fourth-order valence-corrected chi connectivity index (χ4v) is 2.72. The second-order valence-electron chi connectivity index (χ2n) is 4.59. The molecule has 0 spiro atoms. The maximum Gasteiger partial charge on any atom is 0.283 e. The summed E-state index contributed by atoms with van der Waals surface area (Å²) < 4.78 is 0.527. The fraction of sp³-hybridized carbons (Fsp3) is 0.538. The number of nitro benzene ring substituents is 1. The highest BCUT2D eigenvalue weighted by Gasteiger charge is 2.14. The van der Waals surface area contributed by atoms with E-state index in [-0.39, 0.29) is 10.6 Å². The van der Waals surface area contributed by atoms with E-state index in [9.17, 15) is 10.1 Å². The molecule has 19 heavy (non-hydrogen) atoms. The van der Waals surface area contributed by atoms with Gasteiger partial charge in [-0.05, 0) is 60.0 Å². The Morgan fingerprint density at radius 2 is 2.21 bits per heavy atom. The van der Waals surface area contributed by atoms with Gasteiger partial charge in [0, 0.05) is 18.7 Å². The van der Waals surface area contributed by atoms with Crippen LogP contribution in [0, 0.1) is 10.1 Å². The van der Waals surface area contributed by atoms with E-state index in [0.717, 1.165) is 24.3 Å². The average Bonchev–Trinajstić information content (AvgIpc) is 2.37. The third-order valence-electron chi connectivity index (χ3n) is 3.13. The minimum atomic E-state index is -0.356. The van der Waals surface area contributed by atoms with Crippen LogP contribution in [-0.4, -0.2) is 34.9 Å². The van der Waals surface area contributed by atoms with E-state index in [1.54, 1.807) is 12.1 Å². The van der Waals surface area contributed by atoms with Crippen LogP contribution >= 0.6 is 27.7 Å². The van der Waals surface area contributed by atoms with Crippen LogP contribution in [-0.2, 0) is 6.54 Å². The predicted molar refractivity (Wildman–Crippen MR) is 84.7 cm³/mol. The van der Waals surface area contributed by atoms with E-state index in [1.807, 2.05) is 17.8 Å². The van der Waals surface area contributed by atoms with Crippen molar-refractivity contribution in [1.29, 1.82) is 0 Å². The Morgan fingerprint density at radius 3 is 2.79 bits per heavy atom. The molecule has 0 fully saturated rings. The molecule has 0 saturated carbocycles. The molecule has 0 heterocycles. The van der Waals surface area contributed by atoms with Gasteiger partial charge >= 0.3 is 0 Å². The molecule has 0 amide bonds. The topological polar surface area (TPSA) is 46.4 Å². The van der Waals surface area contributed by atoms with Gasteiger partial charge in [0.15, 0.2) is 0 Å². The van der Waals surface area contributed by atoms with Crippen LogP contribution in [0.15, 0.2) is 22.7 Å². The minimum absolute atomic E-state index is 0.127. The Kier molecular flexibility index (Phi) is 6.82. The number of thioether (sulfide) groups is 1. The molecular formula is C13H19BrN2O2S. The lowest BCUT2D eigenvalue weighted by Crippen LogP contribution is -2.29. The van der Waals surface area contributed by atoms with Crippen molar-refractivity contribution in [1.82, 2.24) is 4.90 Å². The third kappa shape index (κ3) is 5.12. The highest BCUT2D eigenvalue weighted by Crippen LogP contribution is 2.26. The monoisotopic (exact) mass is 346 g/mol. The predicted octanol–water partition coefficient (Wildman–Crippen LogP) is 3.93. The number of benzene rings is 1. The second-order valence-corrected chi connectivity index (χ2v) is 6.43. The molecule has 4 nitrogen and oxygen atoms in total. The average molecular weight is 347 g/mol. The smallest absolute Gasteiger partial charge is 0.283 e. The summed E-state index contributed by atoms with van der Waals surface area (Å²) >= 11 is 5.04. The zero-order valence-corrected chi connectivity index (χ0v) is 13.8. The molecular weight excluding hydrogens is 328 g/mol. The lowest BCUT2D eigenvalue weighted by molar-refractivity contribution is -0.385. The summed E-state index contributed by atoms with van der Waals surface area (Å²) in [7, 11) is 2.05. The van der Waals surface area contributed by atoms with Crippen molar-refractivity contribution in [3.63, 3.8) is 0 Å². The summed E-state index contributed by atoms with van der Waals surface area (Å²) in [5, 5.41) is 10.9. The molecule has 1 unspecified atom stereocenters. The molecule has 0 aliphatic rings. The van der Waals surface area contributed by atoms with E-state index >= 15 is 0 Å². The van der Waals surface area contributed by atoms with Crippen molar-refractivity contribution in [3.05, 3.63) is 38.3 Å². The highest BCUT2D eigenvalue weighted by atomic mass is 79.9. The Bertz CT molecular complexity index is 443. The SMILES string of the molecule is CSCCC(C)N(C)Cc1ccc(Br)c([N+](=O)[O-])c1. The van der Waals surface area contributed by atoms with Gasteiger partial charge in [0.05, 0.1) is 9.40 Å². The van der Waals surface area contributed by atoms with E-state index in [4.69, 9.17) is 0 Å². The fourth-order valence-electron chi connectivity index (χ4n) is 1.75. The number of nitro groups is 1. The largest absolute Gasteiger partial charge is 0.299 e. The Balaban J connectivity index is 2.71. The van der Waals surface area contributed by atoms with Gasteiger partial charge in [-0.25, -0.2) is 0 Å². The first-order valence-corrected chi connectivity index (χ1v) is 8.26. The Labute approximate surface area is 126 Å². The van der Waals surface area contributed by atoms with Crippen molar-refractivity contribution < 1.29 is 4.92 Å². The van der Waals surface area contributed by atoms with Crippen molar-refractivity contribution >= 4 is 33.4 Å². The lowest BCUT2D eigenvalue weighted by Gasteiger charge is -2.24. The van der Waals surface area contributed by atoms with Gasteiger partial charge in [-0.3, -0.25) is 15.0 Å². The Morgan fingerprint density at radius 1 is 1.53 bits per heavy atom. The summed E-state index contributed by atoms with van der Waals surface area (Å²) in [6.07, 6.45) is 3.22. The summed E-state index contributed by atoms with van der Waals surface area (Å²) in [5.41, 5.74) is 1.09. The molecule has 0 N–H and O–H groups in total. The molecule has 0 aliphatic heterocycles. The van der Waals surface area contributed by atoms with Gasteiger partial charge in [0.1, 0.15) is 0 Å². The third-order valence-corrected chi connectivity index (χ3v) is 4.45. The summed E-state index contributed by atoms with van der Waals surface area (Å²) in [4.78, 5) is 12.8. The maximum atomic E-state index is 10.9. The molecule has 6 heteroatoms. The van der Waals surface area contributed by atoms with Crippen LogP contribution in [0.4, 0.5) is 5.69 Å². The molecule has 1 aromatic carbocycles. The van der Waals surface area contributed by atoms with Crippen LogP contribution in [0.2, 0.25) is 0 Å². The minimum Gasteiger partial charge on any atom is -0.299 e. The van der Waals surface area contributed by atoms with E-state index in [0.29, 0.717) is 10.5 Å². The van der Waals surface area contributed by atoms with Crippen molar-refractivity contribution in [2.45, 2.75) is 25.9 Å². The van der Waals surface area contributed by atoms with Gasteiger partial charge < -0.3 is 0 Å². The zero-order valence-electron chi connectivity index (χ0n) is 11.4. The summed E-state index contributed by atoms with van der Waals surface area (Å²) in [5.74, 6) is 1.13. The van der Waals surface area contributed by atoms with Crippen LogP contribution in [0.1, 0.15) is 18.9 Å². The standard InChI is InChI=1S/C13H19BrN2O2S/c1-10(6-7-19-3)15(2)9-11-4-5-12(14)13(8-11)16(17)18/h4-5,8,10H,6-7,9H2,1-3H3. The summed E-state index contributed by atoms with van der Waals surface area (Å²) in [6, 6.07) is 5.78. The van der Waals surface area contributed by atoms with Gasteiger partial charge in [-0.15, -0.1) is 0 Å². The molecule has 0 aliphatic carbocycles. The first-order chi connectivity index (χ1) is 8.95. The number of hydrogen-bond donors (Lipinski definition) is 0. The van der Waals surface area contributed by atoms with Crippen molar-refractivity contribution in [3.8, 4) is 0 Å². The first kappa shape index (κ1) is 16.5. The zero-order chi connectivity index (χ0) is 14.4. The Hall–Kier alpha value is -0.590. The molecule has 0 radical (unpaired) electrons. The lowest BCUT2D eigenvalue weighted by atomic mass is 10.1. The van der Waals surface area contributed by atoms with Gasteiger partial charge in [0.25, 0.3) is 5.69 Å².